The molecule has 0 saturated heterocycles. The summed E-state index contributed by atoms with van der Waals surface area (Å²) in [4.78, 5) is 50.7. The first-order chi connectivity index (χ1) is 24.0. The molecule has 0 unspecified atom stereocenters. The van der Waals surface area contributed by atoms with E-state index in [-0.39, 0.29) is 31.4 Å². The Labute approximate surface area is 297 Å². The van der Waals surface area contributed by atoms with E-state index in [9.17, 15) is 19.5 Å². The first-order valence-corrected chi connectivity index (χ1v) is 17.7. The Hall–Kier alpha value is -4.75. The van der Waals surface area contributed by atoms with Crippen LogP contribution in [-0.2, 0) is 35.5 Å². The van der Waals surface area contributed by atoms with Crippen LogP contribution in [0.15, 0.2) is 83.1 Å². The molecule has 0 radical (unpaired) electrons. The molecule has 4 amide bonds. The second kappa shape index (κ2) is 18.9. The van der Waals surface area contributed by atoms with Crippen molar-refractivity contribution in [2.45, 2.75) is 90.3 Å². The van der Waals surface area contributed by atoms with Crippen LogP contribution in [0, 0.1) is 5.92 Å². The number of nitrogens with one attached hydrogen (secondary N) is 3. The van der Waals surface area contributed by atoms with Gasteiger partial charge in [-0.3, -0.25) is 9.78 Å². The Morgan fingerprint density at radius 1 is 0.940 bits per heavy atom. The molecule has 12 nitrogen and oxygen atoms in total. The van der Waals surface area contributed by atoms with Gasteiger partial charge in [-0.25, -0.2) is 14.6 Å². The lowest BCUT2D eigenvalue weighted by Crippen LogP contribution is -2.57. The number of hydrogen-bond donors (Lipinski definition) is 4. The summed E-state index contributed by atoms with van der Waals surface area (Å²) in [5.74, 6) is 0.0119. The van der Waals surface area contributed by atoms with Crippen molar-refractivity contribution in [2.75, 3.05) is 7.05 Å². The molecule has 0 fully saturated rings. The molecular formula is C37H48N6O6S. The standard InChI is InChI=1S/C37H48N6O6S/c1-24(2)33(42-36(46)43(5)20-29-21-48-35(39-29)25(3)4)34(45)41-31(17-27-14-10-7-11-15-27)32(44)18-28(16-26-12-8-6-9-13-26)40-37(47)49-22-30-19-38-23-50-30/h6-15,19,21,23-25,28,31-33,44H,16-18,20,22H2,1-5H3,(H,40,47)(H,41,45)(H,42,46)/t28-,31-,32-,33-/m0/s1. The number of aliphatic hydroxyl groups excluding tert-OH is 1. The van der Waals surface area contributed by atoms with Gasteiger partial charge in [0.15, 0.2) is 5.89 Å². The van der Waals surface area contributed by atoms with Crippen LogP contribution in [-0.4, -0.2) is 69.3 Å². The van der Waals surface area contributed by atoms with E-state index in [0.717, 1.165) is 16.0 Å². The summed E-state index contributed by atoms with van der Waals surface area (Å²) < 4.78 is 10.9. The van der Waals surface area contributed by atoms with Crippen LogP contribution in [0.25, 0.3) is 0 Å². The van der Waals surface area contributed by atoms with Crippen molar-refractivity contribution < 1.29 is 28.6 Å². The molecule has 268 valence electrons. The van der Waals surface area contributed by atoms with E-state index in [1.54, 1.807) is 18.8 Å². The quantitative estimate of drug-likeness (QED) is 0.113. The summed E-state index contributed by atoms with van der Waals surface area (Å²) in [6, 6.07) is 16.6. The van der Waals surface area contributed by atoms with E-state index in [1.165, 1.54) is 22.5 Å². The minimum Gasteiger partial charge on any atom is -0.448 e. The number of rotatable bonds is 17. The average Bonchev–Trinajstić information content (AvgIpc) is 3.79. The number of benzene rings is 2. The molecule has 13 heteroatoms. The van der Waals surface area contributed by atoms with Gasteiger partial charge in [-0.05, 0) is 36.3 Å². The lowest BCUT2D eigenvalue weighted by Gasteiger charge is -2.31. The number of aliphatic hydroxyl groups is 1. The Balaban J connectivity index is 1.47. The second-order valence-electron chi connectivity index (χ2n) is 13.0. The number of amides is 4. The molecule has 4 rings (SSSR count). The number of alkyl carbamates (subject to hydrolysis) is 1. The largest absolute Gasteiger partial charge is 0.448 e. The predicted molar refractivity (Wildman–Crippen MR) is 191 cm³/mol. The number of hydrogen-bond acceptors (Lipinski definition) is 9. The van der Waals surface area contributed by atoms with E-state index in [1.807, 2.05) is 88.4 Å². The van der Waals surface area contributed by atoms with Crippen LogP contribution in [0.2, 0.25) is 0 Å². The Kier molecular flexibility index (Phi) is 14.4. The zero-order valence-corrected chi connectivity index (χ0v) is 30.1. The van der Waals surface area contributed by atoms with Crippen molar-refractivity contribution in [3.8, 4) is 0 Å². The zero-order valence-electron chi connectivity index (χ0n) is 29.2. The normalized spacial score (nSPS) is 13.7. The van der Waals surface area contributed by atoms with Crippen LogP contribution < -0.4 is 16.0 Å². The van der Waals surface area contributed by atoms with Crippen LogP contribution in [0.1, 0.15) is 67.6 Å². The first-order valence-electron chi connectivity index (χ1n) is 16.8. The average molecular weight is 705 g/mol. The van der Waals surface area contributed by atoms with Gasteiger partial charge in [-0.15, -0.1) is 11.3 Å². The summed E-state index contributed by atoms with van der Waals surface area (Å²) in [5, 5.41) is 20.5. The van der Waals surface area contributed by atoms with Crippen LogP contribution >= 0.6 is 11.3 Å². The van der Waals surface area contributed by atoms with E-state index in [4.69, 9.17) is 9.15 Å². The highest BCUT2D eigenvalue weighted by molar-refractivity contribution is 7.09. The Morgan fingerprint density at radius 3 is 2.18 bits per heavy atom. The molecule has 4 atom stereocenters. The number of urea groups is 1. The van der Waals surface area contributed by atoms with Crippen LogP contribution in [0.4, 0.5) is 9.59 Å². The van der Waals surface area contributed by atoms with Gasteiger partial charge >= 0.3 is 12.1 Å². The third-order valence-corrected chi connectivity index (χ3v) is 8.88. The molecule has 0 spiro atoms. The van der Waals surface area contributed by atoms with Crippen molar-refractivity contribution in [2.24, 2.45) is 5.92 Å². The molecule has 0 bridgehead atoms. The number of ether oxygens (including phenoxy) is 1. The van der Waals surface area contributed by atoms with Crippen molar-refractivity contribution >= 4 is 29.4 Å². The number of nitrogens with zero attached hydrogens (tertiary/aromatic N) is 3. The van der Waals surface area contributed by atoms with Crippen LogP contribution in [0.5, 0.6) is 0 Å². The fourth-order valence-electron chi connectivity index (χ4n) is 5.38. The summed E-state index contributed by atoms with van der Waals surface area (Å²) in [5.41, 5.74) is 4.15. The minimum atomic E-state index is -1.07. The molecule has 4 N–H and O–H groups in total. The monoisotopic (exact) mass is 704 g/mol. The van der Waals surface area contributed by atoms with Gasteiger partial charge in [0.2, 0.25) is 5.91 Å². The van der Waals surface area contributed by atoms with Gasteiger partial charge in [-0.2, -0.15) is 0 Å². The van der Waals surface area contributed by atoms with Crippen LogP contribution in [0.3, 0.4) is 0 Å². The van der Waals surface area contributed by atoms with Gasteiger partial charge in [-0.1, -0.05) is 88.4 Å². The highest BCUT2D eigenvalue weighted by Gasteiger charge is 2.31. The number of carbonyl (C=O) groups excluding carboxylic acids is 3. The molecule has 2 heterocycles. The SMILES string of the molecule is CC(C)c1nc(CN(C)C(=O)N[C@H](C(=O)N[C@@H](Cc2ccccc2)[C@@H](O)C[C@H](Cc2ccccc2)NC(=O)OCc2cncs2)C(C)C)co1. The highest BCUT2D eigenvalue weighted by Crippen LogP contribution is 2.17. The summed E-state index contributed by atoms with van der Waals surface area (Å²) in [6.45, 7) is 7.92. The number of aromatic nitrogens is 2. The highest BCUT2D eigenvalue weighted by atomic mass is 32.1. The molecule has 2 aromatic carbocycles. The molecule has 0 aliphatic rings. The second-order valence-corrected chi connectivity index (χ2v) is 14.0. The fourth-order valence-corrected chi connectivity index (χ4v) is 5.89. The predicted octanol–water partition coefficient (Wildman–Crippen LogP) is 5.44. The summed E-state index contributed by atoms with van der Waals surface area (Å²) in [6.07, 6.45) is 2.37. The van der Waals surface area contributed by atoms with E-state index < -0.39 is 42.3 Å². The lowest BCUT2D eigenvalue weighted by atomic mass is 9.93. The molecule has 0 saturated carbocycles. The molecule has 0 aliphatic carbocycles. The van der Waals surface area contributed by atoms with Gasteiger partial charge < -0.3 is 35.1 Å². The molecular weight excluding hydrogens is 657 g/mol. The van der Waals surface area contributed by atoms with E-state index in [2.05, 4.69) is 25.9 Å². The van der Waals surface area contributed by atoms with Gasteiger partial charge in [0.25, 0.3) is 0 Å². The summed E-state index contributed by atoms with van der Waals surface area (Å²) >= 11 is 1.39. The van der Waals surface area contributed by atoms with Crippen molar-refractivity contribution in [3.63, 3.8) is 0 Å². The Morgan fingerprint density at radius 2 is 1.60 bits per heavy atom. The number of oxazole rings is 1. The zero-order chi connectivity index (χ0) is 36.0. The third-order valence-electron chi connectivity index (χ3n) is 8.13. The van der Waals surface area contributed by atoms with Gasteiger partial charge in [0, 0.05) is 25.2 Å². The maximum Gasteiger partial charge on any atom is 0.407 e. The van der Waals surface area contributed by atoms with Crippen molar-refractivity contribution in [3.05, 3.63) is 106 Å². The molecule has 2 aromatic heterocycles. The minimum absolute atomic E-state index is 0.0822. The van der Waals surface area contributed by atoms with Gasteiger partial charge in [0.05, 0.1) is 34.8 Å². The molecule has 50 heavy (non-hydrogen) atoms. The first kappa shape index (κ1) is 38.1. The number of carbonyl (C=O) groups is 3. The lowest BCUT2D eigenvalue weighted by molar-refractivity contribution is -0.125. The maximum absolute atomic E-state index is 13.9. The van der Waals surface area contributed by atoms with Crippen molar-refractivity contribution in [1.29, 1.82) is 0 Å². The number of thiazole rings is 1. The fraction of sp³-hybridized carbons (Fsp3) is 0.432. The summed E-state index contributed by atoms with van der Waals surface area (Å²) in [7, 11) is 1.62. The third kappa shape index (κ3) is 12.0. The van der Waals surface area contributed by atoms with E-state index in [0.29, 0.717) is 24.4 Å². The maximum atomic E-state index is 13.9. The molecule has 0 aliphatic heterocycles. The Bertz CT molecular complexity index is 1620. The van der Waals surface area contributed by atoms with Gasteiger partial charge in [0.1, 0.15) is 18.9 Å². The topological polar surface area (TPSA) is 159 Å². The molecule has 4 aromatic rings. The van der Waals surface area contributed by atoms with Crippen molar-refractivity contribution in [1.82, 2.24) is 30.8 Å². The van der Waals surface area contributed by atoms with E-state index >= 15 is 0 Å². The smallest absolute Gasteiger partial charge is 0.407 e.